The van der Waals surface area contributed by atoms with E-state index < -0.39 is 37.5 Å². The standard InChI is InChI=1S/C5H6Cl2I2O4P2S2/c6-5(7)3(13-17(9)15)2(12-4(5)10)1-11-16(8)14/h2-4,10H,1H2/q-2/t2-,3-,4?/m1/s1. The number of aliphatic hydroxyl groups excluding tert-OH is 1. The zero-order valence-electron chi connectivity index (χ0n) is 7.83. The van der Waals surface area contributed by atoms with E-state index in [1.54, 1.807) is 0 Å². The van der Waals surface area contributed by atoms with Gasteiger partial charge >= 0.3 is 144 Å². The number of hydrogen-bond donors (Lipinski definition) is 1. The molecule has 1 rings (SSSR count). The average Bonchev–Trinajstić information content (AvgIpc) is 2.38. The third kappa shape index (κ3) is 5.62. The molecule has 1 aliphatic rings. The zero-order chi connectivity index (χ0) is 13.2. The SMILES string of the molecule is OC1O[C@H](CO[S-](#P)I)[C@@H](O[S-](#P)I)C1(Cl)Cl. The van der Waals surface area contributed by atoms with Crippen molar-refractivity contribution < 1.29 is 18.2 Å². The van der Waals surface area contributed by atoms with Gasteiger partial charge in [0.25, 0.3) is 0 Å². The molecule has 1 saturated heterocycles. The van der Waals surface area contributed by atoms with Gasteiger partial charge in [0.15, 0.2) is 0 Å². The van der Waals surface area contributed by atoms with E-state index in [0.717, 1.165) is 0 Å². The second-order valence-electron chi connectivity index (χ2n) is 2.92. The Morgan fingerprint density at radius 2 is 1.94 bits per heavy atom. The molecular weight excluding hydrogens is 575 g/mol. The Morgan fingerprint density at radius 3 is 2.41 bits per heavy atom. The molecule has 1 unspecified atom stereocenters. The van der Waals surface area contributed by atoms with Crippen molar-refractivity contribution in [2.24, 2.45) is 0 Å². The molecule has 0 aliphatic carbocycles. The number of halogens is 4. The number of alkyl halides is 2. The average molecular weight is 581 g/mol. The summed E-state index contributed by atoms with van der Waals surface area (Å²) in [4.78, 5) is 0. The van der Waals surface area contributed by atoms with Gasteiger partial charge in [0.1, 0.15) is 0 Å². The van der Waals surface area contributed by atoms with E-state index in [-0.39, 0.29) is 6.61 Å². The summed E-state index contributed by atoms with van der Waals surface area (Å²) in [5.41, 5.74) is 0. The van der Waals surface area contributed by atoms with Gasteiger partial charge in [0.05, 0.1) is 0 Å². The fourth-order valence-corrected chi connectivity index (χ4v) is 4.02. The first-order valence-electron chi connectivity index (χ1n) is 3.96. The minimum absolute atomic E-state index is 0.181. The maximum absolute atomic E-state index is 9.61. The van der Waals surface area contributed by atoms with Crippen molar-refractivity contribution in [3.05, 3.63) is 0 Å². The van der Waals surface area contributed by atoms with Crippen LogP contribution in [0.25, 0.3) is 0 Å². The van der Waals surface area contributed by atoms with Crippen molar-refractivity contribution in [3.8, 4) is 0 Å². The molecule has 0 spiro atoms. The van der Waals surface area contributed by atoms with Crippen LogP contribution in [0.4, 0.5) is 0 Å². The van der Waals surface area contributed by atoms with Crippen molar-refractivity contribution in [1.82, 2.24) is 0 Å². The Balaban J connectivity index is 2.76. The summed E-state index contributed by atoms with van der Waals surface area (Å²) in [6, 6.07) is 0. The molecule has 0 aromatic carbocycles. The van der Waals surface area contributed by atoms with Gasteiger partial charge in [-0.3, -0.25) is 0 Å². The second-order valence-corrected chi connectivity index (χ2v) is 16.6. The van der Waals surface area contributed by atoms with Gasteiger partial charge in [0, 0.05) is 0 Å². The summed E-state index contributed by atoms with van der Waals surface area (Å²) in [5.74, 6) is 0. The summed E-state index contributed by atoms with van der Waals surface area (Å²) in [5, 5.41) is 9.61. The van der Waals surface area contributed by atoms with Crippen LogP contribution in [0.3, 0.4) is 0 Å². The van der Waals surface area contributed by atoms with E-state index in [4.69, 9.17) is 36.3 Å². The predicted octanol–water partition coefficient (Wildman–Crippen LogP) is 3.70. The van der Waals surface area contributed by atoms with Crippen LogP contribution in [-0.2, 0) is 27.8 Å². The number of hydrogen-bond acceptors (Lipinski definition) is 6. The quantitative estimate of drug-likeness (QED) is 0.240. The number of rotatable bonds is 3. The fraction of sp³-hybridized carbons (Fsp3) is 1.00. The molecule has 17 heavy (non-hydrogen) atoms. The summed E-state index contributed by atoms with van der Waals surface area (Å²) in [6.07, 6.45) is -2.60. The summed E-state index contributed by atoms with van der Waals surface area (Å²) >= 11 is 16.0. The van der Waals surface area contributed by atoms with Crippen LogP contribution in [-0.4, -0.2) is 34.5 Å². The van der Waals surface area contributed by atoms with E-state index in [1.165, 1.54) is 0 Å². The third-order valence-electron chi connectivity index (χ3n) is 1.86. The second kappa shape index (κ2) is 8.17. The minimum atomic E-state index is -1.53. The van der Waals surface area contributed by atoms with Crippen LogP contribution in [0.15, 0.2) is 0 Å². The Kier molecular flexibility index (Phi) is 8.89. The first-order chi connectivity index (χ1) is 7.75. The summed E-state index contributed by atoms with van der Waals surface area (Å²) in [6.45, 7) is 0.181. The number of aliphatic hydroxyl groups is 1. The zero-order valence-corrected chi connectivity index (χ0v) is 17.1. The molecule has 4 nitrogen and oxygen atoms in total. The Morgan fingerprint density at radius 1 is 1.35 bits per heavy atom. The Bertz CT molecular complexity index is 422. The van der Waals surface area contributed by atoms with Crippen molar-refractivity contribution in [3.63, 3.8) is 0 Å². The monoisotopic (exact) mass is 580 g/mol. The molecule has 1 fully saturated rings. The van der Waals surface area contributed by atoms with E-state index in [2.05, 4.69) is 15.6 Å². The molecule has 0 saturated carbocycles. The third-order valence-corrected chi connectivity index (χ3v) is 5.32. The molecule has 0 radical (unpaired) electrons. The molecule has 102 valence electrons. The van der Waals surface area contributed by atoms with Gasteiger partial charge in [-0.1, -0.05) is 0 Å². The maximum atomic E-state index is 9.61. The van der Waals surface area contributed by atoms with Crippen LogP contribution < -0.4 is 0 Å². The van der Waals surface area contributed by atoms with Crippen LogP contribution in [0.2, 0.25) is 0 Å². The summed E-state index contributed by atoms with van der Waals surface area (Å²) in [7, 11) is 7.00. The molecule has 0 amide bonds. The van der Waals surface area contributed by atoms with Gasteiger partial charge in [-0.05, 0) is 0 Å². The fourth-order valence-electron chi connectivity index (χ4n) is 1.18. The van der Waals surface area contributed by atoms with Gasteiger partial charge < -0.3 is 0 Å². The van der Waals surface area contributed by atoms with Gasteiger partial charge in [0.2, 0.25) is 0 Å². The van der Waals surface area contributed by atoms with E-state index >= 15 is 0 Å². The van der Waals surface area contributed by atoms with Crippen molar-refractivity contribution in [1.29, 1.82) is 0 Å². The first kappa shape index (κ1) is 18.5. The van der Waals surface area contributed by atoms with Gasteiger partial charge in [-0.2, -0.15) is 0 Å². The molecule has 3 atom stereocenters. The van der Waals surface area contributed by atoms with Gasteiger partial charge in [-0.25, -0.2) is 0 Å². The molecule has 1 heterocycles. The molecular formula is C5H6Cl2I2O4P2S2-2. The van der Waals surface area contributed by atoms with Crippen LogP contribution in [0, 0.1) is 0 Å². The normalized spacial score (nSPS) is 32.4. The molecule has 1 N–H and O–H groups in total. The topological polar surface area (TPSA) is 47.9 Å². The molecule has 1 aliphatic heterocycles. The molecule has 0 bridgehead atoms. The first-order valence-corrected chi connectivity index (χ1v) is 14.2. The van der Waals surface area contributed by atoms with Crippen LogP contribution in [0.5, 0.6) is 0 Å². The van der Waals surface area contributed by atoms with Crippen molar-refractivity contribution in [2.45, 2.75) is 22.8 Å². The predicted molar refractivity (Wildman–Crippen MR) is 92.8 cm³/mol. The van der Waals surface area contributed by atoms with Gasteiger partial charge in [-0.15, -0.1) is 0 Å². The van der Waals surface area contributed by atoms with Crippen LogP contribution in [0.1, 0.15) is 0 Å². The molecule has 0 aromatic rings. The van der Waals surface area contributed by atoms with Crippen molar-refractivity contribution >= 4 is 95.9 Å². The van der Waals surface area contributed by atoms with E-state index in [1.807, 2.05) is 42.4 Å². The van der Waals surface area contributed by atoms with Crippen molar-refractivity contribution in [2.75, 3.05) is 6.61 Å². The molecule has 0 aromatic heterocycles. The van der Waals surface area contributed by atoms with E-state index in [9.17, 15) is 5.11 Å². The van der Waals surface area contributed by atoms with Crippen LogP contribution >= 0.6 is 81.2 Å². The summed E-state index contributed by atoms with van der Waals surface area (Å²) < 4.78 is 14.4. The Hall–Kier alpha value is 3.44. The molecule has 12 heteroatoms. The number of ether oxygens (including phenoxy) is 1. The Labute approximate surface area is 142 Å². The van der Waals surface area contributed by atoms with E-state index in [0.29, 0.717) is 0 Å².